The highest BCUT2D eigenvalue weighted by atomic mass is 16.5. The zero-order chi connectivity index (χ0) is 19.3. The number of aromatic nitrogens is 2. The van der Waals surface area contributed by atoms with Gasteiger partial charge in [0.25, 0.3) is 0 Å². The largest absolute Gasteiger partial charge is 0.461 e. The first-order valence-corrected chi connectivity index (χ1v) is 10.3. The van der Waals surface area contributed by atoms with Gasteiger partial charge in [-0.25, -0.2) is 9.78 Å². The number of allylic oxidation sites excluding steroid dienone is 2. The van der Waals surface area contributed by atoms with Gasteiger partial charge in [-0.05, 0) is 52.0 Å². The van der Waals surface area contributed by atoms with Crippen LogP contribution in [0.25, 0.3) is 5.57 Å². The standard InChI is InChI=1S/C21H32N2O4/c1-4-25-14-21(15-26-5-2)11-9-16(10-12-21)19-18(20(24)27-6-3)22-17-8-7-13-23(17)19/h9H,4-8,10-15H2,1-3H3. The number of imidazole rings is 1. The molecule has 0 N–H and O–H groups in total. The maximum atomic E-state index is 12.5. The molecule has 0 unspecified atom stereocenters. The first-order chi connectivity index (χ1) is 13.1. The van der Waals surface area contributed by atoms with Gasteiger partial charge in [0.1, 0.15) is 5.82 Å². The molecule has 1 aliphatic carbocycles. The lowest BCUT2D eigenvalue weighted by atomic mass is 9.75. The van der Waals surface area contributed by atoms with Gasteiger partial charge >= 0.3 is 5.97 Å². The SMILES string of the molecule is CCOCC1(COCC)CC=C(c2c(C(=O)OCC)nc3n2CCC3)CC1. The van der Waals surface area contributed by atoms with E-state index in [1.807, 2.05) is 20.8 Å². The monoisotopic (exact) mass is 376 g/mol. The second-order valence-electron chi connectivity index (χ2n) is 7.41. The molecule has 2 heterocycles. The van der Waals surface area contributed by atoms with Gasteiger partial charge in [0.15, 0.2) is 5.69 Å². The molecule has 0 spiro atoms. The lowest BCUT2D eigenvalue weighted by Gasteiger charge is -2.36. The number of rotatable bonds is 9. The summed E-state index contributed by atoms with van der Waals surface area (Å²) in [6.45, 7) is 10.0. The fourth-order valence-corrected chi connectivity index (χ4v) is 4.09. The summed E-state index contributed by atoms with van der Waals surface area (Å²) in [6.07, 6.45) is 7.07. The molecule has 3 rings (SSSR count). The highest BCUT2D eigenvalue weighted by Crippen LogP contribution is 2.41. The van der Waals surface area contributed by atoms with Crippen molar-refractivity contribution in [2.75, 3.05) is 33.0 Å². The van der Waals surface area contributed by atoms with Crippen molar-refractivity contribution >= 4 is 11.5 Å². The van der Waals surface area contributed by atoms with E-state index in [-0.39, 0.29) is 11.4 Å². The van der Waals surface area contributed by atoms with Gasteiger partial charge in [-0.1, -0.05) is 6.08 Å². The molecule has 0 radical (unpaired) electrons. The van der Waals surface area contributed by atoms with Gasteiger partial charge in [0.2, 0.25) is 0 Å². The van der Waals surface area contributed by atoms with Gasteiger partial charge in [-0.15, -0.1) is 0 Å². The molecule has 6 nitrogen and oxygen atoms in total. The van der Waals surface area contributed by atoms with E-state index in [1.54, 1.807) is 0 Å². The Morgan fingerprint density at radius 1 is 1.15 bits per heavy atom. The Bertz CT molecular complexity index is 685. The number of carbonyl (C=O) groups excluding carboxylic acids is 1. The molecule has 1 aromatic heterocycles. The molecule has 1 aromatic rings. The molecule has 0 fully saturated rings. The first kappa shape index (κ1) is 20.1. The molecule has 150 valence electrons. The smallest absolute Gasteiger partial charge is 0.359 e. The Labute approximate surface area is 161 Å². The summed E-state index contributed by atoms with van der Waals surface area (Å²) in [5, 5.41) is 0. The van der Waals surface area contributed by atoms with Crippen LogP contribution in [0.4, 0.5) is 0 Å². The average molecular weight is 376 g/mol. The molecule has 0 saturated heterocycles. The fourth-order valence-electron chi connectivity index (χ4n) is 4.09. The number of hydrogen-bond donors (Lipinski definition) is 0. The van der Waals surface area contributed by atoms with Crippen LogP contribution in [0.5, 0.6) is 0 Å². The van der Waals surface area contributed by atoms with Gasteiger partial charge in [-0.3, -0.25) is 0 Å². The van der Waals surface area contributed by atoms with Crippen molar-refractivity contribution in [3.63, 3.8) is 0 Å². The summed E-state index contributed by atoms with van der Waals surface area (Å²) in [6, 6.07) is 0. The number of hydrogen-bond acceptors (Lipinski definition) is 5. The second-order valence-corrected chi connectivity index (χ2v) is 7.41. The Morgan fingerprint density at radius 3 is 2.48 bits per heavy atom. The topological polar surface area (TPSA) is 62.6 Å². The van der Waals surface area contributed by atoms with Crippen LogP contribution in [-0.4, -0.2) is 48.6 Å². The van der Waals surface area contributed by atoms with Gasteiger partial charge in [-0.2, -0.15) is 0 Å². The number of ether oxygens (including phenoxy) is 3. The highest BCUT2D eigenvalue weighted by Gasteiger charge is 2.36. The van der Waals surface area contributed by atoms with Crippen molar-refractivity contribution in [2.24, 2.45) is 5.41 Å². The van der Waals surface area contributed by atoms with Crippen LogP contribution in [0.15, 0.2) is 6.08 Å². The number of fused-ring (bicyclic) bond motifs is 1. The van der Waals surface area contributed by atoms with Crippen LogP contribution >= 0.6 is 0 Å². The quantitative estimate of drug-likeness (QED) is 0.616. The summed E-state index contributed by atoms with van der Waals surface area (Å²) in [5.41, 5.74) is 2.69. The van der Waals surface area contributed by atoms with E-state index in [2.05, 4.69) is 15.6 Å². The third-order valence-corrected chi connectivity index (χ3v) is 5.53. The number of esters is 1. The molecule has 2 aliphatic rings. The Balaban J connectivity index is 1.87. The number of nitrogens with zero attached hydrogens (tertiary/aromatic N) is 2. The molecule has 0 amide bonds. The molecule has 0 bridgehead atoms. The van der Waals surface area contributed by atoms with Crippen LogP contribution < -0.4 is 0 Å². The molecule has 6 heteroatoms. The summed E-state index contributed by atoms with van der Waals surface area (Å²) in [7, 11) is 0. The number of aryl methyl sites for hydroxylation is 1. The highest BCUT2D eigenvalue weighted by molar-refractivity contribution is 5.93. The fraction of sp³-hybridized carbons (Fsp3) is 0.714. The van der Waals surface area contributed by atoms with Crippen LogP contribution in [-0.2, 0) is 27.2 Å². The van der Waals surface area contributed by atoms with Gasteiger partial charge in [0, 0.05) is 31.6 Å². The van der Waals surface area contributed by atoms with Crippen LogP contribution in [0.1, 0.15) is 68.5 Å². The van der Waals surface area contributed by atoms with E-state index in [4.69, 9.17) is 14.2 Å². The predicted octanol–water partition coefficient (Wildman–Crippen LogP) is 3.63. The third-order valence-electron chi connectivity index (χ3n) is 5.53. The Kier molecular flexibility index (Phi) is 6.71. The Hall–Kier alpha value is -1.66. The minimum Gasteiger partial charge on any atom is -0.461 e. The van der Waals surface area contributed by atoms with E-state index < -0.39 is 0 Å². The van der Waals surface area contributed by atoms with E-state index >= 15 is 0 Å². The van der Waals surface area contributed by atoms with Crippen LogP contribution in [0.2, 0.25) is 0 Å². The van der Waals surface area contributed by atoms with Crippen molar-refractivity contribution in [1.29, 1.82) is 0 Å². The van der Waals surface area contributed by atoms with E-state index in [0.29, 0.717) is 38.7 Å². The first-order valence-electron chi connectivity index (χ1n) is 10.3. The molecule has 27 heavy (non-hydrogen) atoms. The molecule has 0 atom stereocenters. The molecule has 0 saturated carbocycles. The summed E-state index contributed by atoms with van der Waals surface area (Å²) in [4.78, 5) is 17.1. The molecular weight excluding hydrogens is 344 g/mol. The maximum absolute atomic E-state index is 12.5. The van der Waals surface area contributed by atoms with Crippen molar-refractivity contribution < 1.29 is 19.0 Å². The normalized spacial score (nSPS) is 18.3. The van der Waals surface area contributed by atoms with Crippen molar-refractivity contribution in [2.45, 2.75) is 59.4 Å². The lowest BCUT2D eigenvalue weighted by Crippen LogP contribution is -2.34. The zero-order valence-electron chi connectivity index (χ0n) is 16.9. The third kappa shape index (κ3) is 4.27. The molecular formula is C21H32N2O4. The minimum absolute atomic E-state index is 0.0213. The minimum atomic E-state index is -0.309. The second kappa shape index (κ2) is 9.02. The molecule has 0 aromatic carbocycles. The van der Waals surface area contributed by atoms with Gasteiger partial charge in [0.05, 0.1) is 25.5 Å². The van der Waals surface area contributed by atoms with E-state index in [0.717, 1.165) is 50.2 Å². The zero-order valence-corrected chi connectivity index (χ0v) is 16.9. The predicted molar refractivity (Wildman–Crippen MR) is 104 cm³/mol. The summed E-state index contributed by atoms with van der Waals surface area (Å²) in [5.74, 6) is 0.699. The Morgan fingerprint density at radius 2 is 1.89 bits per heavy atom. The van der Waals surface area contributed by atoms with Crippen molar-refractivity contribution in [3.05, 3.63) is 23.3 Å². The van der Waals surface area contributed by atoms with Crippen LogP contribution in [0, 0.1) is 5.41 Å². The van der Waals surface area contributed by atoms with Gasteiger partial charge < -0.3 is 18.8 Å². The van der Waals surface area contributed by atoms with E-state index in [1.165, 1.54) is 5.57 Å². The van der Waals surface area contributed by atoms with Crippen molar-refractivity contribution in [1.82, 2.24) is 9.55 Å². The van der Waals surface area contributed by atoms with E-state index in [9.17, 15) is 4.79 Å². The number of carbonyl (C=O) groups is 1. The van der Waals surface area contributed by atoms with Crippen LogP contribution in [0.3, 0.4) is 0 Å². The maximum Gasteiger partial charge on any atom is 0.359 e. The lowest BCUT2D eigenvalue weighted by molar-refractivity contribution is -0.0210. The van der Waals surface area contributed by atoms with Crippen molar-refractivity contribution in [3.8, 4) is 0 Å². The molecule has 1 aliphatic heterocycles. The summed E-state index contributed by atoms with van der Waals surface area (Å²) < 4.78 is 19.0. The average Bonchev–Trinajstić information content (AvgIpc) is 3.27. The summed E-state index contributed by atoms with van der Waals surface area (Å²) >= 11 is 0.